The number of carboxylic acids is 1. The van der Waals surface area contributed by atoms with Crippen molar-refractivity contribution in [1.82, 2.24) is 0 Å². The Kier molecular flexibility index (Phi) is 9.72. The number of benzene rings is 1. The van der Waals surface area contributed by atoms with Gasteiger partial charge in [-0.2, -0.15) is 0 Å². The number of anilines is 1. The molecular weight excluding hydrogens is 306 g/mol. The molecule has 6 nitrogen and oxygen atoms in total. The Hall–Kier alpha value is -1.92. The van der Waals surface area contributed by atoms with Crippen LogP contribution in [0.4, 0.5) is 5.69 Å². The summed E-state index contributed by atoms with van der Waals surface area (Å²) in [6.07, 6.45) is 4.93. The minimum atomic E-state index is -1.19. The van der Waals surface area contributed by atoms with Crippen molar-refractivity contribution in [3.8, 4) is 0 Å². The first-order valence-corrected chi connectivity index (χ1v) is 8.79. The molecule has 0 radical (unpaired) electrons. The van der Waals surface area contributed by atoms with E-state index in [9.17, 15) is 14.7 Å². The van der Waals surface area contributed by atoms with E-state index in [1.165, 1.54) is 0 Å². The number of hydrogen-bond acceptors (Lipinski definition) is 3. The van der Waals surface area contributed by atoms with Crippen LogP contribution in [-0.2, 0) is 16.0 Å². The number of carbonyl (C=O) groups excluding carboxylic acids is 2. The van der Waals surface area contributed by atoms with Crippen LogP contribution in [0.15, 0.2) is 24.3 Å². The second kappa shape index (κ2) is 11.6. The van der Waals surface area contributed by atoms with Gasteiger partial charge < -0.3 is 26.3 Å². The van der Waals surface area contributed by atoms with Gasteiger partial charge in [-0.15, -0.1) is 0 Å². The van der Waals surface area contributed by atoms with Crippen LogP contribution >= 0.6 is 0 Å². The van der Waals surface area contributed by atoms with Gasteiger partial charge in [0.2, 0.25) is 5.91 Å². The summed E-state index contributed by atoms with van der Waals surface area (Å²) in [7, 11) is 0. The lowest BCUT2D eigenvalue weighted by Gasteiger charge is -2.17. The fraction of sp³-hybridized carbons (Fsp3) is 0.556. The molecule has 0 bridgehead atoms. The molecule has 0 aliphatic heterocycles. The Bertz CT molecular complexity index is 520. The van der Waals surface area contributed by atoms with Crippen molar-refractivity contribution >= 4 is 17.6 Å². The highest BCUT2D eigenvalue weighted by molar-refractivity contribution is 5.93. The summed E-state index contributed by atoms with van der Waals surface area (Å²) in [6.45, 7) is 3.64. The fourth-order valence-corrected chi connectivity index (χ4v) is 2.61. The number of rotatable bonds is 12. The summed E-state index contributed by atoms with van der Waals surface area (Å²) in [5.74, 6) is -1.48. The first-order valence-electron chi connectivity index (χ1n) is 8.79. The maximum absolute atomic E-state index is 12.1. The highest BCUT2D eigenvalue weighted by atomic mass is 16.4. The van der Waals surface area contributed by atoms with Crippen LogP contribution in [-0.4, -0.2) is 31.0 Å². The third-order valence-electron chi connectivity index (χ3n) is 4.04. The number of aryl methyl sites for hydroxylation is 1. The molecule has 1 amide bonds. The van der Waals surface area contributed by atoms with Crippen molar-refractivity contribution < 1.29 is 25.7 Å². The number of quaternary nitrogens is 2. The molecule has 6 N–H and O–H groups in total. The smallest absolute Gasteiger partial charge is 0.230 e. The summed E-state index contributed by atoms with van der Waals surface area (Å²) in [5, 5.41) is 15.8. The van der Waals surface area contributed by atoms with E-state index < -0.39 is 12.0 Å². The maximum Gasteiger partial charge on any atom is 0.230 e. The lowest BCUT2D eigenvalue weighted by Crippen LogP contribution is -2.93. The zero-order valence-electron chi connectivity index (χ0n) is 14.6. The van der Waals surface area contributed by atoms with E-state index in [1.54, 1.807) is 5.32 Å². The molecule has 0 saturated heterocycles. The molecule has 0 unspecified atom stereocenters. The Morgan fingerprint density at radius 1 is 1.21 bits per heavy atom. The largest absolute Gasteiger partial charge is 0.544 e. The molecule has 0 spiro atoms. The third-order valence-corrected chi connectivity index (χ3v) is 4.04. The van der Waals surface area contributed by atoms with Crippen LogP contribution in [0.2, 0.25) is 0 Å². The van der Waals surface area contributed by atoms with E-state index in [2.05, 4.69) is 11.1 Å². The molecule has 24 heavy (non-hydrogen) atoms. The van der Waals surface area contributed by atoms with Crippen LogP contribution in [0.25, 0.3) is 0 Å². The van der Waals surface area contributed by atoms with E-state index in [1.807, 2.05) is 31.2 Å². The average Bonchev–Trinajstić information content (AvgIpc) is 2.57. The summed E-state index contributed by atoms with van der Waals surface area (Å²) in [4.78, 5) is 23.4. The van der Waals surface area contributed by atoms with Crippen LogP contribution in [0, 0.1) is 0 Å². The number of unbranched alkanes of at least 4 members (excludes halogenated alkanes) is 3. The zero-order valence-corrected chi connectivity index (χ0v) is 14.6. The van der Waals surface area contributed by atoms with Crippen LogP contribution < -0.4 is 21.5 Å². The number of carbonyl (C=O) groups is 2. The number of amides is 1. The first-order chi connectivity index (χ1) is 11.6. The van der Waals surface area contributed by atoms with Gasteiger partial charge in [0.25, 0.3) is 0 Å². The lowest BCUT2D eigenvalue weighted by molar-refractivity contribution is -0.682. The van der Waals surface area contributed by atoms with Crippen molar-refractivity contribution in [2.45, 2.75) is 51.5 Å². The molecule has 1 aromatic rings. The second-order valence-corrected chi connectivity index (χ2v) is 5.98. The molecule has 0 aliphatic rings. The van der Waals surface area contributed by atoms with Crippen molar-refractivity contribution in [1.29, 1.82) is 0 Å². The van der Waals surface area contributed by atoms with Gasteiger partial charge in [0, 0.05) is 5.69 Å². The molecule has 6 heteroatoms. The van der Waals surface area contributed by atoms with Crippen molar-refractivity contribution in [3.05, 3.63) is 29.8 Å². The van der Waals surface area contributed by atoms with Gasteiger partial charge in [0.15, 0.2) is 0 Å². The van der Waals surface area contributed by atoms with E-state index in [0.717, 1.165) is 49.9 Å². The minimum absolute atomic E-state index is 0.0841. The number of nitrogens with two attached hydrogens (primary N) is 1. The maximum atomic E-state index is 12.1. The highest BCUT2D eigenvalue weighted by Gasteiger charge is 2.18. The van der Waals surface area contributed by atoms with Gasteiger partial charge in [0.05, 0.1) is 25.5 Å². The van der Waals surface area contributed by atoms with Gasteiger partial charge in [-0.05, 0) is 43.7 Å². The van der Waals surface area contributed by atoms with Gasteiger partial charge in [0.1, 0.15) is 6.04 Å². The topological polar surface area (TPSA) is 113 Å². The van der Waals surface area contributed by atoms with Crippen molar-refractivity contribution in [2.75, 3.05) is 18.4 Å². The molecule has 1 rings (SSSR count). The van der Waals surface area contributed by atoms with E-state index in [0.29, 0.717) is 6.54 Å². The summed E-state index contributed by atoms with van der Waals surface area (Å²) >= 11 is 0. The molecule has 0 aromatic heterocycles. The zero-order chi connectivity index (χ0) is 17.8. The fourth-order valence-electron chi connectivity index (χ4n) is 2.61. The normalized spacial score (nSPS) is 11.9. The number of carboxylic acid groups (broad SMARTS) is 1. The molecule has 1 atom stereocenters. The van der Waals surface area contributed by atoms with Crippen LogP contribution in [0.5, 0.6) is 0 Å². The Morgan fingerprint density at radius 2 is 1.92 bits per heavy atom. The number of nitrogens with one attached hydrogen (secondary N) is 1. The molecule has 0 fully saturated rings. The van der Waals surface area contributed by atoms with Gasteiger partial charge in [-0.25, -0.2) is 0 Å². The quantitative estimate of drug-likeness (QED) is 0.428. The predicted molar refractivity (Wildman–Crippen MR) is 90.9 cm³/mol. The first kappa shape index (κ1) is 20.1. The standard InChI is InChI=1S/C18H29N3O3/c1-2-14-9-5-6-10-15(14)21-17(22)13-16(18(23)24)20-12-8-4-3-7-11-19/h5-6,9-10,16,20H,2-4,7-8,11-13,19H2,1H3,(H,21,22)(H,23,24)/p+1/t16-/m0/s1. The number of para-hydroxylation sites is 1. The number of hydrogen-bond donors (Lipinski definition) is 3. The molecular formula is C18H30N3O3+. The molecule has 1 aromatic carbocycles. The molecule has 0 saturated carbocycles. The summed E-state index contributed by atoms with van der Waals surface area (Å²) < 4.78 is 0. The summed E-state index contributed by atoms with van der Waals surface area (Å²) in [5.41, 5.74) is 5.57. The molecule has 134 valence electrons. The SMILES string of the molecule is CCc1ccccc1NC(=O)C[C@H]([NH2+]CCCCCC[NH3+])C(=O)[O-]. The second-order valence-electron chi connectivity index (χ2n) is 5.98. The average molecular weight is 336 g/mol. The predicted octanol–water partition coefficient (Wildman–Crippen LogP) is -0.938. The molecule has 0 aliphatic carbocycles. The number of aliphatic carboxylic acids is 1. The van der Waals surface area contributed by atoms with E-state index in [4.69, 9.17) is 0 Å². The monoisotopic (exact) mass is 336 g/mol. The minimum Gasteiger partial charge on any atom is -0.544 e. The van der Waals surface area contributed by atoms with Crippen LogP contribution in [0.3, 0.4) is 0 Å². The molecule has 0 heterocycles. The van der Waals surface area contributed by atoms with Crippen molar-refractivity contribution in [2.24, 2.45) is 0 Å². The Morgan fingerprint density at radius 3 is 2.58 bits per heavy atom. The van der Waals surface area contributed by atoms with E-state index >= 15 is 0 Å². The van der Waals surface area contributed by atoms with E-state index in [-0.39, 0.29) is 12.3 Å². The highest BCUT2D eigenvalue weighted by Crippen LogP contribution is 2.15. The lowest BCUT2D eigenvalue weighted by atomic mass is 10.1. The van der Waals surface area contributed by atoms with Gasteiger partial charge >= 0.3 is 0 Å². The van der Waals surface area contributed by atoms with Gasteiger partial charge in [-0.3, -0.25) is 4.79 Å². The Balaban J connectivity index is 2.43. The third kappa shape index (κ3) is 7.57. The van der Waals surface area contributed by atoms with Gasteiger partial charge in [-0.1, -0.05) is 25.1 Å². The van der Waals surface area contributed by atoms with Crippen molar-refractivity contribution in [3.63, 3.8) is 0 Å². The van der Waals surface area contributed by atoms with Crippen LogP contribution in [0.1, 0.15) is 44.6 Å². The Labute approximate surface area is 143 Å². The summed E-state index contributed by atoms with van der Waals surface area (Å²) in [6, 6.07) is 6.71.